The molecule has 0 rings (SSSR count). The first kappa shape index (κ1) is 51.4. The molecule has 8 nitrogen and oxygen atoms in total. The summed E-state index contributed by atoms with van der Waals surface area (Å²) in [5, 5.41) is 14.8. The fourth-order valence-corrected chi connectivity index (χ4v) is 0. The predicted octanol–water partition coefficient (Wildman–Crippen LogP) is -7.03. The van der Waals surface area contributed by atoms with Crippen molar-refractivity contribution >= 4 is 11.9 Å². The van der Waals surface area contributed by atoms with Crippen LogP contribution in [0, 0.1) is 0 Å². The monoisotopic (exact) mass is 250 g/mol. The van der Waals surface area contributed by atoms with Crippen molar-refractivity contribution in [1.29, 1.82) is 0 Å². The summed E-state index contributed by atoms with van der Waals surface area (Å²) in [4.78, 5) is 18.2. The van der Waals surface area contributed by atoms with Crippen LogP contribution in [0.2, 0.25) is 0 Å². The van der Waals surface area contributed by atoms with Gasteiger partial charge in [-0.2, -0.15) is 0 Å². The van der Waals surface area contributed by atoms with Crippen molar-refractivity contribution in [3.8, 4) is 0 Å². The maximum atomic E-state index is 9.10. The standard InChI is InChI=1S/C2H2O4.K.4H2O.Ti.H/c3-1(4)2(5)6;;;;;;;/h(H,3,4)(H,5,6);;4*1H2;;/q;+1;;;;;;-1. The van der Waals surface area contributed by atoms with E-state index in [0.29, 0.717) is 0 Å². The number of carboxylic acid groups (broad SMARTS) is 2. The first-order chi connectivity index (χ1) is 2.64. The summed E-state index contributed by atoms with van der Waals surface area (Å²) in [5.74, 6) is -3.65. The van der Waals surface area contributed by atoms with Crippen LogP contribution < -0.4 is 51.4 Å². The van der Waals surface area contributed by atoms with Gasteiger partial charge in [-0.25, -0.2) is 9.59 Å². The molecular formula is C2H11KO8Ti. The normalized spacial score (nSPS) is 3.67. The van der Waals surface area contributed by atoms with Crippen molar-refractivity contribution in [2.75, 3.05) is 0 Å². The molecular weight excluding hydrogens is 239 g/mol. The van der Waals surface area contributed by atoms with Crippen LogP contribution in [-0.4, -0.2) is 44.1 Å². The van der Waals surface area contributed by atoms with E-state index in [2.05, 4.69) is 0 Å². The van der Waals surface area contributed by atoms with Crippen molar-refractivity contribution in [3.63, 3.8) is 0 Å². The molecule has 0 aliphatic rings. The molecule has 0 aromatic carbocycles. The minimum absolute atomic E-state index is 0. The first-order valence-electron chi connectivity index (χ1n) is 1.11. The van der Waals surface area contributed by atoms with E-state index in [9.17, 15) is 0 Å². The Morgan fingerprint density at radius 2 is 0.917 bits per heavy atom. The zero-order valence-electron chi connectivity index (χ0n) is 7.21. The summed E-state index contributed by atoms with van der Waals surface area (Å²) >= 11 is 0. The summed E-state index contributed by atoms with van der Waals surface area (Å²) < 4.78 is 0. The SMILES string of the molecule is O.O.O.O.O=C(O)C(=O)O.[H-].[K+].[Ti]. The predicted molar refractivity (Wildman–Crippen MR) is 30.8 cm³/mol. The molecule has 0 spiro atoms. The molecule has 10 heteroatoms. The molecule has 0 fully saturated rings. The van der Waals surface area contributed by atoms with Gasteiger partial charge in [0.15, 0.2) is 0 Å². The Balaban J connectivity index is -0.00000000595. The average molecular weight is 250 g/mol. The Morgan fingerprint density at radius 1 is 0.833 bits per heavy atom. The Bertz CT molecular complexity index is 88.1. The van der Waals surface area contributed by atoms with Gasteiger partial charge in [0.25, 0.3) is 0 Å². The van der Waals surface area contributed by atoms with Gasteiger partial charge in [0.2, 0.25) is 0 Å². The molecule has 0 aromatic rings. The molecule has 0 atom stereocenters. The van der Waals surface area contributed by atoms with Gasteiger partial charge in [0.05, 0.1) is 0 Å². The molecule has 0 aromatic heterocycles. The quantitative estimate of drug-likeness (QED) is 0.317. The largest absolute Gasteiger partial charge is 1.00 e. The summed E-state index contributed by atoms with van der Waals surface area (Å²) in [6, 6.07) is 0. The van der Waals surface area contributed by atoms with Gasteiger partial charge in [-0.15, -0.1) is 0 Å². The molecule has 72 valence electrons. The zero-order valence-corrected chi connectivity index (χ0v) is 10.9. The molecule has 0 aliphatic heterocycles. The van der Waals surface area contributed by atoms with E-state index in [-0.39, 0.29) is 96.4 Å². The van der Waals surface area contributed by atoms with E-state index >= 15 is 0 Å². The molecule has 0 heterocycles. The summed E-state index contributed by atoms with van der Waals surface area (Å²) in [5.41, 5.74) is 0. The molecule has 0 unspecified atom stereocenters. The summed E-state index contributed by atoms with van der Waals surface area (Å²) in [6.07, 6.45) is 0. The third-order valence-corrected chi connectivity index (χ3v) is 0.183. The number of carbonyl (C=O) groups is 2. The number of hydrogen-bond acceptors (Lipinski definition) is 2. The topological polar surface area (TPSA) is 201 Å². The van der Waals surface area contributed by atoms with Crippen LogP contribution in [0.15, 0.2) is 0 Å². The maximum Gasteiger partial charge on any atom is 1.00 e. The van der Waals surface area contributed by atoms with Gasteiger partial charge >= 0.3 is 63.3 Å². The second kappa shape index (κ2) is 29.6. The Kier molecular flexibility index (Phi) is 127. The summed E-state index contributed by atoms with van der Waals surface area (Å²) in [7, 11) is 0. The van der Waals surface area contributed by atoms with Crippen LogP contribution >= 0.6 is 0 Å². The first-order valence-corrected chi connectivity index (χ1v) is 1.11. The number of rotatable bonds is 0. The second-order valence-electron chi connectivity index (χ2n) is 0.610. The molecule has 12 heavy (non-hydrogen) atoms. The van der Waals surface area contributed by atoms with E-state index in [4.69, 9.17) is 19.8 Å². The molecule has 10 N–H and O–H groups in total. The summed E-state index contributed by atoms with van der Waals surface area (Å²) in [6.45, 7) is 0. The molecule has 0 bridgehead atoms. The minimum atomic E-state index is -1.82. The third-order valence-electron chi connectivity index (χ3n) is 0.183. The fourth-order valence-electron chi connectivity index (χ4n) is 0. The fraction of sp³-hybridized carbons (Fsp3) is 0. The van der Waals surface area contributed by atoms with Crippen molar-refractivity contribution in [3.05, 3.63) is 0 Å². The van der Waals surface area contributed by atoms with Gasteiger partial charge in [-0.3, -0.25) is 0 Å². The smallest absolute Gasteiger partial charge is 1.00 e. The third kappa shape index (κ3) is 43.4. The van der Waals surface area contributed by atoms with Crippen molar-refractivity contribution < 1.29 is 116 Å². The molecule has 0 saturated carbocycles. The van der Waals surface area contributed by atoms with Gasteiger partial charge in [0.1, 0.15) is 0 Å². The maximum absolute atomic E-state index is 9.10. The van der Waals surface area contributed by atoms with E-state index in [1.807, 2.05) is 0 Å². The van der Waals surface area contributed by atoms with E-state index in [1.165, 1.54) is 0 Å². The average Bonchev–Trinajstić information content (AvgIpc) is 1.36. The van der Waals surface area contributed by atoms with Gasteiger partial charge in [0, 0.05) is 21.7 Å². The van der Waals surface area contributed by atoms with Gasteiger partial charge < -0.3 is 33.5 Å². The van der Waals surface area contributed by atoms with E-state index in [1.54, 1.807) is 0 Å². The van der Waals surface area contributed by atoms with Gasteiger partial charge in [-0.05, 0) is 0 Å². The van der Waals surface area contributed by atoms with Crippen molar-refractivity contribution in [2.24, 2.45) is 0 Å². The van der Waals surface area contributed by atoms with Crippen LogP contribution in [0.3, 0.4) is 0 Å². The number of hydrogen-bond donors (Lipinski definition) is 2. The van der Waals surface area contributed by atoms with Crippen LogP contribution in [0.5, 0.6) is 0 Å². The molecule has 0 radical (unpaired) electrons. The van der Waals surface area contributed by atoms with Gasteiger partial charge in [-0.1, -0.05) is 0 Å². The zero-order chi connectivity index (χ0) is 5.15. The van der Waals surface area contributed by atoms with Crippen LogP contribution in [0.1, 0.15) is 1.43 Å². The van der Waals surface area contributed by atoms with E-state index < -0.39 is 11.9 Å². The Morgan fingerprint density at radius 3 is 0.917 bits per heavy atom. The Hall–Kier alpha value is 1.13. The second-order valence-corrected chi connectivity index (χ2v) is 0.610. The molecule has 0 amide bonds. The number of carboxylic acids is 2. The van der Waals surface area contributed by atoms with Crippen LogP contribution in [0.4, 0.5) is 0 Å². The van der Waals surface area contributed by atoms with Crippen molar-refractivity contribution in [2.45, 2.75) is 0 Å². The van der Waals surface area contributed by atoms with Crippen molar-refractivity contribution in [1.82, 2.24) is 0 Å². The Labute approximate surface area is 126 Å². The minimum Gasteiger partial charge on any atom is -1.00 e. The number of aliphatic carboxylic acids is 2. The molecule has 0 aliphatic carbocycles. The van der Waals surface area contributed by atoms with Crippen LogP contribution in [-0.2, 0) is 31.3 Å². The molecule has 0 saturated heterocycles. The van der Waals surface area contributed by atoms with E-state index in [0.717, 1.165) is 0 Å². The van der Waals surface area contributed by atoms with Crippen LogP contribution in [0.25, 0.3) is 0 Å².